The molecule has 3 N–H and O–H groups in total. The van der Waals surface area contributed by atoms with Gasteiger partial charge in [-0.15, -0.1) is 0 Å². The van der Waals surface area contributed by atoms with Crippen molar-refractivity contribution >= 4 is 44.9 Å². The topological polar surface area (TPSA) is 88.0 Å². The molecular weight excluding hydrogens is 542 g/mol. The minimum Gasteiger partial charge on any atom is -0.343 e. The number of halogens is 1. The third-order valence-electron chi connectivity index (χ3n) is 6.64. The number of allylic oxidation sites excluding steroid dienone is 1. The normalized spacial score (nSPS) is 14.5. The van der Waals surface area contributed by atoms with Crippen molar-refractivity contribution in [1.82, 2.24) is 9.78 Å². The molecule has 4 aromatic rings. The number of carbonyl (C=O) groups is 2. The molecule has 0 saturated heterocycles. The lowest BCUT2D eigenvalue weighted by atomic mass is 9.94. The number of aromatic nitrogens is 2. The highest BCUT2D eigenvalue weighted by Crippen LogP contribution is 2.38. The largest absolute Gasteiger partial charge is 0.343 e. The van der Waals surface area contributed by atoms with Crippen molar-refractivity contribution in [2.45, 2.75) is 33.7 Å². The molecular formula is C30H28BrN5O2. The average Bonchev–Trinajstić information content (AvgIpc) is 3.30. The maximum atomic E-state index is 13.7. The second-order valence-corrected chi connectivity index (χ2v) is 10.5. The Morgan fingerprint density at radius 3 is 2.24 bits per heavy atom. The number of hydrogen-bond acceptors (Lipinski definition) is 4. The van der Waals surface area contributed by atoms with Gasteiger partial charge in [-0.05, 0) is 69.2 Å². The first kappa shape index (κ1) is 25.5. The highest BCUT2D eigenvalue weighted by atomic mass is 79.9. The summed E-state index contributed by atoms with van der Waals surface area (Å²) >= 11 is 3.50. The molecule has 38 heavy (non-hydrogen) atoms. The first-order valence-corrected chi connectivity index (χ1v) is 13.1. The summed E-state index contributed by atoms with van der Waals surface area (Å²) in [5, 5.41) is 13.9. The highest BCUT2D eigenvalue weighted by molar-refractivity contribution is 9.10. The van der Waals surface area contributed by atoms with Gasteiger partial charge in [-0.1, -0.05) is 63.5 Å². The van der Waals surface area contributed by atoms with Crippen molar-refractivity contribution in [2.24, 2.45) is 0 Å². The maximum Gasteiger partial charge on any atom is 0.261 e. The molecule has 1 aromatic heterocycles. The molecule has 3 aromatic carbocycles. The molecule has 0 spiro atoms. The molecule has 8 heteroatoms. The van der Waals surface area contributed by atoms with Crippen LogP contribution >= 0.6 is 15.9 Å². The van der Waals surface area contributed by atoms with E-state index in [1.54, 1.807) is 4.68 Å². The van der Waals surface area contributed by atoms with Gasteiger partial charge in [0.25, 0.3) is 11.8 Å². The van der Waals surface area contributed by atoms with E-state index in [1.807, 2.05) is 94.4 Å². The van der Waals surface area contributed by atoms with Crippen LogP contribution in [0.3, 0.4) is 0 Å². The predicted molar refractivity (Wildman–Crippen MR) is 155 cm³/mol. The van der Waals surface area contributed by atoms with E-state index in [0.29, 0.717) is 28.3 Å². The Kier molecular flexibility index (Phi) is 6.91. The average molecular weight is 570 g/mol. The Balaban J connectivity index is 1.53. The fourth-order valence-electron chi connectivity index (χ4n) is 4.65. The number of fused-ring (bicyclic) bond motifs is 1. The summed E-state index contributed by atoms with van der Waals surface area (Å²) in [5.41, 5.74) is 7.09. The van der Waals surface area contributed by atoms with Crippen molar-refractivity contribution in [3.8, 4) is 0 Å². The summed E-state index contributed by atoms with van der Waals surface area (Å²) in [6.45, 7) is 7.83. The molecule has 0 fully saturated rings. The van der Waals surface area contributed by atoms with Crippen LogP contribution in [0.5, 0.6) is 0 Å². The van der Waals surface area contributed by atoms with Crippen LogP contribution in [0.25, 0.3) is 0 Å². The predicted octanol–water partition coefficient (Wildman–Crippen LogP) is 6.75. The van der Waals surface area contributed by atoms with Gasteiger partial charge < -0.3 is 16.0 Å². The van der Waals surface area contributed by atoms with E-state index in [9.17, 15) is 9.59 Å². The number of rotatable bonds is 5. The van der Waals surface area contributed by atoms with Crippen molar-refractivity contribution in [2.75, 3.05) is 16.0 Å². The second-order valence-electron chi connectivity index (χ2n) is 9.56. The van der Waals surface area contributed by atoms with Gasteiger partial charge >= 0.3 is 0 Å². The van der Waals surface area contributed by atoms with Crippen LogP contribution in [0, 0.1) is 20.8 Å². The van der Waals surface area contributed by atoms with E-state index < -0.39 is 6.04 Å². The fraction of sp³-hybridized carbons (Fsp3) is 0.167. The van der Waals surface area contributed by atoms with Gasteiger partial charge in [0.05, 0.1) is 11.8 Å². The Labute approximate surface area is 230 Å². The maximum absolute atomic E-state index is 13.7. The minimum absolute atomic E-state index is 0.235. The molecule has 1 aliphatic heterocycles. The number of nitrogens with one attached hydrogen (secondary N) is 3. The van der Waals surface area contributed by atoms with Crippen molar-refractivity contribution < 1.29 is 9.59 Å². The summed E-state index contributed by atoms with van der Waals surface area (Å²) in [6, 6.07) is 20.8. The van der Waals surface area contributed by atoms with Crippen LogP contribution in [0.1, 0.15) is 45.6 Å². The van der Waals surface area contributed by atoms with E-state index in [4.69, 9.17) is 0 Å². The number of anilines is 3. The molecule has 192 valence electrons. The van der Waals surface area contributed by atoms with Crippen LogP contribution in [-0.4, -0.2) is 21.6 Å². The van der Waals surface area contributed by atoms with E-state index in [0.717, 1.165) is 32.4 Å². The zero-order valence-electron chi connectivity index (χ0n) is 21.6. The Bertz CT molecular complexity index is 1570. The van der Waals surface area contributed by atoms with Gasteiger partial charge in [-0.3, -0.25) is 9.59 Å². The molecule has 0 radical (unpaired) electrons. The van der Waals surface area contributed by atoms with Crippen LogP contribution in [0.2, 0.25) is 0 Å². The third-order valence-corrected chi connectivity index (χ3v) is 7.17. The zero-order valence-corrected chi connectivity index (χ0v) is 23.2. The summed E-state index contributed by atoms with van der Waals surface area (Å²) in [4.78, 5) is 27.0. The molecule has 0 saturated carbocycles. The van der Waals surface area contributed by atoms with E-state index in [-0.39, 0.29) is 11.8 Å². The lowest BCUT2D eigenvalue weighted by Crippen LogP contribution is -2.32. The van der Waals surface area contributed by atoms with Crippen LogP contribution < -0.4 is 16.0 Å². The Morgan fingerprint density at radius 2 is 1.55 bits per heavy atom. The molecule has 5 rings (SSSR count). The molecule has 1 atom stereocenters. The van der Waals surface area contributed by atoms with Crippen molar-refractivity contribution in [3.63, 3.8) is 0 Å². The van der Waals surface area contributed by atoms with E-state index in [1.165, 1.54) is 6.20 Å². The molecule has 0 unspecified atom stereocenters. The van der Waals surface area contributed by atoms with E-state index >= 15 is 0 Å². The van der Waals surface area contributed by atoms with Gasteiger partial charge in [0.2, 0.25) is 0 Å². The van der Waals surface area contributed by atoms with Crippen LogP contribution in [-0.2, 0) is 4.79 Å². The van der Waals surface area contributed by atoms with Gasteiger partial charge in [0.1, 0.15) is 17.4 Å². The number of carbonyl (C=O) groups excluding carboxylic acids is 2. The fourth-order valence-corrected chi connectivity index (χ4v) is 4.91. The van der Waals surface area contributed by atoms with Gasteiger partial charge in [0.15, 0.2) is 0 Å². The van der Waals surface area contributed by atoms with Crippen molar-refractivity contribution in [1.29, 1.82) is 0 Å². The summed E-state index contributed by atoms with van der Waals surface area (Å²) in [5.74, 6) is 0.0120. The first-order chi connectivity index (χ1) is 18.2. The second kappa shape index (κ2) is 10.3. The Morgan fingerprint density at radius 1 is 0.868 bits per heavy atom. The van der Waals surface area contributed by atoms with Gasteiger partial charge in [0, 0.05) is 21.5 Å². The summed E-state index contributed by atoms with van der Waals surface area (Å²) < 4.78 is 2.63. The number of hydrogen-bond donors (Lipinski definition) is 3. The van der Waals surface area contributed by atoms with Gasteiger partial charge in [-0.25, -0.2) is 4.68 Å². The monoisotopic (exact) mass is 569 g/mol. The summed E-state index contributed by atoms with van der Waals surface area (Å²) in [6.07, 6.45) is 1.54. The first-order valence-electron chi connectivity index (χ1n) is 12.3. The van der Waals surface area contributed by atoms with E-state index in [2.05, 4.69) is 37.0 Å². The number of nitrogens with zero attached hydrogens (tertiary/aromatic N) is 2. The quantitative estimate of drug-likeness (QED) is 0.248. The molecule has 0 bridgehead atoms. The van der Waals surface area contributed by atoms with Crippen LogP contribution in [0.15, 0.2) is 88.7 Å². The minimum atomic E-state index is -0.536. The standard InChI is InChI=1S/C30H28BrN5O2/c1-17-5-12-23(13-6-17)34-29(37)24-16-32-36-27(21-8-10-22(31)11-9-21)26(20(4)33-28(24)36)30(38)35-25-14-7-18(2)15-19(25)3/h5-16,27,33H,1-4H3,(H,34,37)(H,35,38)/t27-/m0/s1. The summed E-state index contributed by atoms with van der Waals surface area (Å²) in [7, 11) is 0. The van der Waals surface area contributed by atoms with Crippen LogP contribution in [0.4, 0.5) is 17.2 Å². The van der Waals surface area contributed by atoms with Crippen molar-refractivity contribution in [3.05, 3.63) is 116 Å². The number of amides is 2. The lowest BCUT2D eigenvalue weighted by molar-refractivity contribution is -0.113. The number of aryl methyl sites for hydroxylation is 3. The SMILES string of the molecule is CC1=C(C(=O)Nc2ccc(C)cc2C)[C@H](c2ccc(Br)cc2)n2ncc(C(=O)Nc3ccc(C)cc3)c2N1. The molecule has 0 aliphatic carbocycles. The highest BCUT2D eigenvalue weighted by Gasteiger charge is 2.35. The lowest BCUT2D eigenvalue weighted by Gasteiger charge is -2.30. The molecule has 2 heterocycles. The Hall–Kier alpha value is -4.17. The smallest absolute Gasteiger partial charge is 0.261 e. The molecule has 2 amide bonds. The number of benzene rings is 3. The van der Waals surface area contributed by atoms with Gasteiger partial charge in [-0.2, -0.15) is 5.10 Å². The molecule has 1 aliphatic rings. The molecule has 7 nitrogen and oxygen atoms in total. The third kappa shape index (κ3) is 4.99. The zero-order chi connectivity index (χ0) is 27.0.